The molecule has 14 heavy (non-hydrogen) atoms. The maximum Gasteiger partial charge on any atom is 0.138 e. The summed E-state index contributed by atoms with van der Waals surface area (Å²) in [4.78, 5) is 4.18. The summed E-state index contributed by atoms with van der Waals surface area (Å²) in [6, 6.07) is 0.135. The zero-order valence-electron chi connectivity index (χ0n) is 9.49. The zero-order chi connectivity index (χ0) is 10.8. The molecule has 4 nitrogen and oxygen atoms in total. The molecule has 1 rings (SSSR count). The van der Waals surface area contributed by atoms with Crippen LogP contribution < -0.4 is 5.73 Å². The van der Waals surface area contributed by atoms with E-state index in [1.807, 2.05) is 7.05 Å². The number of rotatable bonds is 4. The summed E-state index contributed by atoms with van der Waals surface area (Å²) in [6.45, 7) is 6.54. The third kappa shape index (κ3) is 2.32. The SMILES string of the molecule is CCC(C)(C)C(N)Cc1ncnn1C. The summed E-state index contributed by atoms with van der Waals surface area (Å²) in [5.41, 5.74) is 6.30. The van der Waals surface area contributed by atoms with Gasteiger partial charge >= 0.3 is 0 Å². The van der Waals surface area contributed by atoms with Crippen molar-refractivity contribution in [3.05, 3.63) is 12.2 Å². The third-order valence-electron chi connectivity index (χ3n) is 3.12. The fourth-order valence-electron chi connectivity index (χ4n) is 1.24. The Balaban J connectivity index is 2.66. The van der Waals surface area contributed by atoms with Crippen LogP contribution in [0.1, 0.15) is 33.0 Å². The number of nitrogens with zero attached hydrogens (tertiary/aromatic N) is 3. The van der Waals surface area contributed by atoms with E-state index >= 15 is 0 Å². The molecule has 1 aromatic heterocycles. The highest BCUT2D eigenvalue weighted by atomic mass is 15.3. The topological polar surface area (TPSA) is 56.7 Å². The predicted octanol–water partition coefficient (Wildman–Crippen LogP) is 1.12. The molecular formula is C10H20N4. The van der Waals surface area contributed by atoms with Crippen LogP contribution in [-0.2, 0) is 13.5 Å². The van der Waals surface area contributed by atoms with Gasteiger partial charge in [0.1, 0.15) is 12.2 Å². The molecule has 0 bridgehead atoms. The lowest BCUT2D eigenvalue weighted by Gasteiger charge is -2.29. The van der Waals surface area contributed by atoms with Gasteiger partial charge in [0, 0.05) is 19.5 Å². The van der Waals surface area contributed by atoms with Gasteiger partial charge in [-0.25, -0.2) is 4.98 Å². The van der Waals surface area contributed by atoms with Gasteiger partial charge in [0.05, 0.1) is 0 Å². The Bertz CT molecular complexity index is 290. The lowest BCUT2D eigenvalue weighted by molar-refractivity contribution is 0.268. The summed E-state index contributed by atoms with van der Waals surface area (Å²) < 4.78 is 1.78. The van der Waals surface area contributed by atoms with Gasteiger partial charge in [-0.1, -0.05) is 20.8 Å². The number of hydrogen-bond donors (Lipinski definition) is 1. The zero-order valence-corrected chi connectivity index (χ0v) is 9.49. The Morgan fingerprint density at radius 2 is 2.21 bits per heavy atom. The van der Waals surface area contributed by atoms with Gasteiger partial charge in [-0.2, -0.15) is 5.10 Å². The fourth-order valence-corrected chi connectivity index (χ4v) is 1.24. The largest absolute Gasteiger partial charge is 0.327 e. The van der Waals surface area contributed by atoms with E-state index in [1.165, 1.54) is 0 Å². The van der Waals surface area contributed by atoms with Crippen molar-refractivity contribution in [1.82, 2.24) is 14.8 Å². The smallest absolute Gasteiger partial charge is 0.138 e. The first-order valence-corrected chi connectivity index (χ1v) is 5.06. The molecule has 0 aliphatic heterocycles. The summed E-state index contributed by atoms with van der Waals surface area (Å²) >= 11 is 0. The molecule has 1 heterocycles. The van der Waals surface area contributed by atoms with Gasteiger partial charge in [-0.3, -0.25) is 4.68 Å². The molecule has 1 atom stereocenters. The summed E-state index contributed by atoms with van der Waals surface area (Å²) in [6.07, 6.45) is 3.43. The Morgan fingerprint density at radius 1 is 1.57 bits per heavy atom. The number of aryl methyl sites for hydroxylation is 1. The highest BCUT2D eigenvalue weighted by Crippen LogP contribution is 2.24. The molecule has 0 aromatic carbocycles. The number of nitrogens with two attached hydrogens (primary N) is 1. The van der Waals surface area contributed by atoms with Gasteiger partial charge in [-0.15, -0.1) is 0 Å². The van der Waals surface area contributed by atoms with E-state index in [0.717, 1.165) is 18.7 Å². The lowest BCUT2D eigenvalue weighted by atomic mass is 9.81. The predicted molar refractivity (Wildman–Crippen MR) is 56.8 cm³/mol. The van der Waals surface area contributed by atoms with Gasteiger partial charge in [0.25, 0.3) is 0 Å². The van der Waals surface area contributed by atoms with Crippen molar-refractivity contribution in [1.29, 1.82) is 0 Å². The molecule has 4 heteroatoms. The summed E-state index contributed by atoms with van der Waals surface area (Å²) in [5.74, 6) is 0.957. The van der Waals surface area contributed by atoms with Crippen LogP contribution >= 0.6 is 0 Å². The Hall–Kier alpha value is -0.900. The monoisotopic (exact) mass is 196 g/mol. The van der Waals surface area contributed by atoms with Crippen molar-refractivity contribution in [3.63, 3.8) is 0 Å². The molecule has 0 saturated heterocycles. The Morgan fingerprint density at radius 3 is 2.64 bits per heavy atom. The third-order valence-corrected chi connectivity index (χ3v) is 3.12. The second kappa shape index (κ2) is 4.09. The molecule has 0 fully saturated rings. The minimum atomic E-state index is 0.135. The second-order valence-corrected chi connectivity index (χ2v) is 4.45. The van der Waals surface area contributed by atoms with Gasteiger partial charge < -0.3 is 5.73 Å². The fraction of sp³-hybridized carbons (Fsp3) is 0.800. The number of aromatic nitrogens is 3. The average Bonchev–Trinajstić information content (AvgIpc) is 2.52. The molecule has 80 valence electrons. The average molecular weight is 196 g/mol. The quantitative estimate of drug-likeness (QED) is 0.785. The molecule has 1 aromatic rings. The van der Waals surface area contributed by atoms with Crippen LogP contribution in [-0.4, -0.2) is 20.8 Å². The van der Waals surface area contributed by atoms with Crippen LogP contribution in [0, 0.1) is 5.41 Å². The first-order valence-electron chi connectivity index (χ1n) is 5.06. The highest BCUT2D eigenvalue weighted by molar-refractivity contribution is 4.92. The lowest BCUT2D eigenvalue weighted by Crippen LogP contribution is -2.39. The van der Waals surface area contributed by atoms with Crippen LogP contribution in [0.2, 0.25) is 0 Å². The van der Waals surface area contributed by atoms with Crippen molar-refractivity contribution in [2.45, 2.75) is 39.7 Å². The van der Waals surface area contributed by atoms with E-state index in [0.29, 0.717) is 0 Å². The molecule has 2 N–H and O–H groups in total. The van der Waals surface area contributed by atoms with Crippen LogP contribution in [0.3, 0.4) is 0 Å². The standard InChI is InChI=1S/C10H20N4/c1-5-10(2,3)8(11)6-9-12-7-13-14(9)4/h7-8H,5-6,11H2,1-4H3. The number of hydrogen-bond acceptors (Lipinski definition) is 3. The molecule has 0 aliphatic carbocycles. The molecule has 0 aliphatic rings. The highest BCUT2D eigenvalue weighted by Gasteiger charge is 2.25. The van der Waals surface area contributed by atoms with Crippen molar-refractivity contribution >= 4 is 0 Å². The molecule has 0 saturated carbocycles. The minimum Gasteiger partial charge on any atom is -0.327 e. The van der Waals surface area contributed by atoms with Crippen LogP contribution in [0.15, 0.2) is 6.33 Å². The van der Waals surface area contributed by atoms with Crippen LogP contribution in [0.4, 0.5) is 0 Å². The van der Waals surface area contributed by atoms with Crippen molar-refractivity contribution in [2.24, 2.45) is 18.2 Å². The van der Waals surface area contributed by atoms with E-state index < -0.39 is 0 Å². The molecular weight excluding hydrogens is 176 g/mol. The Labute approximate surface area is 85.5 Å². The van der Waals surface area contributed by atoms with E-state index in [4.69, 9.17) is 5.73 Å². The maximum atomic E-state index is 6.14. The normalized spacial score (nSPS) is 14.4. The van der Waals surface area contributed by atoms with Crippen LogP contribution in [0.25, 0.3) is 0 Å². The molecule has 0 spiro atoms. The van der Waals surface area contributed by atoms with Gasteiger partial charge in [0.15, 0.2) is 0 Å². The van der Waals surface area contributed by atoms with E-state index in [1.54, 1.807) is 11.0 Å². The van der Waals surface area contributed by atoms with Crippen molar-refractivity contribution < 1.29 is 0 Å². The van der Waals surface area contributed by atoms with Gasteiger partial charge in [0.2, 0.25) is 0 Å². The van der Waals surface area contributed by atoms with Crippen molar-refractivity contribution in [2.75, 3.05) is 0 Å². The minimum absolute atomic E-state index is 0.135. The molecule has 0 amide bonds. The van der Waals surface area contributed by atoms with E-state index in [2.05, 4.69) is 30.9 Å². The molecule has 0 radical (unpaired) electrons. The van der Waals surface area contributed by atoms with E-state index in [9.17, 15) is 0 Å². The first-order chi connectivity index (χ1) is 6.47. The first kappa shape index (κ1) is 11.2. The van der Waals surface area contributed by atoms with Crippen molar-refractivity contribution in [3.8, 4) is 0 Å². The second-order valence-electron chi connectivity index (χ2n) is 4.45. The summed E-state index contributed by atoms with van der Waals surface area (Å²) in [7, 11) is 1.90. The van der Waals surface area contributed by atoms with Crippen LogP contribution in [0.5, 0.6) is 0 Å². The Kier molecular flexibility index (Phi) is 3.26. The summed E-state index contributed by atoms with van der Waals surface area (Å²) in [5, 5.41) is 4.03. The molecule has 1 unspecified atom stereocenters. The maximum absolute atomic E-state index is 6.14. The van der Waals surface area contributed by atoms with Gasteiger partial charge in [-0.05, 0) is 11.8 Å². The van der Waals surface area contributed by atoms with E-state index in [-0.39, 0.29) is 11.5 Å².